The first kappa shape index (κ1) is 15.5. The largest absolute Gasteiger partial charge is 0.323 e. The van der Waals surface area contributed by atoms with Crippen LogP contribution < -0.4 is 5.73 Å². The van der Waals surface area contributed by atoms with E-state index in [2.05, 4.69) is 0 Å². The Bertz CT molecular complexity index is 619. The van der Waals surface area contributed by atoms with E-state index in [9.17, 15) is 4.21 Å². The van der Waals surface area contributed by atoms with E-state index in [0.29, 0.717) is 14.9 Å². The van der Waals surface area contributed by atoms with E-state index in [1.165, 1.54) is 0 Å². The van der Waals surface area contributed by atoms with Crippen LogP contribution >= 0.6 is 23.2 Å². The zero-order valence-electron chi connectivity index (χ0n) is 10.9. The lowest BCUT2D eigenvalue weighted by atomic mass is 10.1. The highest BCUT2D eigenvalue weighted by Crippen LogP contribution is 2.28. The lowest BCUT2D eigenvalue weighted by Gasteiger charge is -2.20. The molecule has 3 unspecified atom stereocenters. The van der Waals surface area contributed by atoms with Gasteiger partial charge in [0.1, 0.15) is 0 Å². The Kier molecular flexibility index (Phi) is 5.22. The fraction of sp³-hybridized carbons (Fsp3) is 0.200. The van der Waals surface area contributed by atoms with Gasteiger partial charge < -0.3 is 5.73 Å². The van der Waals surface area contributed by atoms with E-state index >= 15 is 0 Å². The van der Waals surface area contributed by atoms with Crippen molar-refractivity contribution in [2.75, 3.05) is 0 Å². The van der Waals surface area contributed by atoms with Gasteiger partial charge in [0, 0.05) is 11.1 Å². The van der Waals surface area contributed by atoms with Crippen LogP contribution in [0.1, 0.15) is 18.5 Å². The Hall–Kier alpha value is -0.870. The predicted molar refractivity (Wildman–Crippen MR) is 85.7 cm³/mol. The minimum absolute atomic E-state index is 0.270. The molecule has 0 bridgehead atoms. The predicted octanol–water partition coefficient (Wildman–Crippen LogP) is 4.19. The molecule has 0 heterocycles. The summed E-state index contributed by atoms with van der Waals surface area (Å²) in [7, 11) is -1.32. The van der Waals surface area contributed by atoms with Crippen molar-refractivity contribution in [2.45, 2.75) is 23.1 Å². The molecule has 2 aromatic carbocycles. The topological polar surface area (TPSA) is 43.1 Å². The first-order chi connectivity index (χ1) is 9.50. The Balaban J connectivity index is 2.27. The van der Waals surface area contributed by atoms with Crippen molar-refractivity contribution in [3.05, 3.63) is 64.1 Å². The van der Waals surface area contributed by atoms with Gasteiger partial charge >= 0.3 is 0 Å². The third kappa shape index (κ3) is 3.41. The maximum atomic E-state index is 12.6. The number of halogens is 2. The molecule has 0 spiro atoms. The Morgan fingerprint density at radius 3 is 2.40 bits per heavy atom. The Morgan fingerprint density at radius 1 is 1.10 bits per heavy atom. The van der Waals surface area contributed by atoms with E-state index in [-0.39, 0.29) is 11.3 Å². The number of nitrogens with two attached hydrogens (primary N) is 1. The summed E-state index contributed by atoms with van der Waals surface area (Å²) in [5, 5.41) is 0.687. The molecule has 5 heteroatoms. The van der Waals surface area contributed by atoms with E-state index in [0.717, 1.165) is 5.56 Å². The maximum absolute atomic E-state index is 12.6. The van der Waals surface area contributed by atoms with Crippen LogP contribution in [0.3, 0.4) is 0 Å². The standard InChI is InChI=1S/C15H15Cl2NOS/c1-10(15(18)11-5-3-2-4-6-11)20(19)14-9-12(16)7-8-13(14)17/h2-10,15H,18H2,1H3. The summed E-state index contributed by atoms with van der Waals surface area (Å²) >= 11 is 12.0. The number of rotatable bonds is 4. The Morgan fingerprint density at radius 2 is 1.75 bits per heavy atom. The van der Waals surface area contributed by atoms with E-state index in [1.54, 1.807) is 18.2 Å². The van der Waals surface area contributed by atoms with Crippen molar-refractivity contribution in [1.82, 2.24) is 0 Å². The zero-order valence-corrected chi connectivity index (χ0v) is 13.3. The summed E-state index contributed by atoms with van der Waals surface area (Å²) in [6.07, 6.45) is 0. The highest BCUT2D eigenvalue weighted by atomic mass is 35.5. The van der Waals surface area contributed by atoms with Gasteiger partial charge in [0.2, 0.25) is 0 Å². The minimum Gasteiger partial charge on any atom is -0.323 e. The molecule has 106 valence electrons. The first-order valence-corrected chi connectivity index (χ1v) is 8.13. The number of benzene rings is 2. The second-order valence-electron chi connectivity index (χ2n) is 4.51. The average molecular weight is 328 g/mol. The molecule has 0 saturated carbocycles. The quantitative estimate of drug-likeness (QED) is 0.914. The van der Waals surface area contributed by atoms with Crippen LogP contribution in [0.2, 0.25) is 10.0 Å². The van der Waals surface area contributed by atoms with Gasteiger partial charge in [0.15, 0.2) is 0 Å². The van der Waals surface area contributed by atoms with Gasteiger partial charge in [-0.15, -0.1) is 0 Å². The second kappa shape index (κ2) is 6.72. The monoisotopic (exact) mass is 327 g/mol. The molecule has 0 aliphatic carbocycles. The molecule has 0 fully saturated rings. The molecule has 0 aromatic heterocycles. The van der Waals surface area contributed by atoms with Crippen molar-refractivity contribution >= 4 is 34.0 Å². The van der Waals surface area contributed by atoms with Crippen LogP contribution in [0.25, 0.3) is 0 Å². The van der Waals surface area contributed by atoms with Crippen LogP contribution in [0.5, 0.6) is 0 Å². The lowest BCUT2D eigenvalue weighted by molar-refractivity contribution is 0.643. The fourth-order valence-electron chi connectivity index (χ4n) is 1.91. The molecule has 0 amide bonds. The first-order valence-electron chi connectivity index (χ1n) is 6.17. The van der Waals surface area contributed by atoms with Crippen LogP contribution in [0.15, 0.2) is 53.4 Å². The van der Waals surface area contributed by atoms with Crippen molar-refractivity contribution in [3.63, 3.8) is 0 Å². The van der Waals surface area contributed by atoms with E-state index < -0.39 is 10.8 Å². The van der Waals surface area contributed by atoms with Gasteiger partial charge in [-0.1, -0.05) is 53.5 Å². The summed E-state index contributed by atoms with van der Waals surface area (Å²) in [5.74, 6) is 0. The molecule has 0 aliphatic heterocycles. The molecule has 0 aliphatic rings. The maximum Gasteiger partial charge on any atom is 0.0592 e. The molecule has 2 rings (SSSR count). The third-order valence-corrected chi connectivity index (χ3v) is 5.55. The number of hydrogen-bond donors (Lipinski definition) is 1. The summed E-state index contributed by atoms with van der Waals surface area (Å²) in [5.41, 5.74) is 7.15. The molecular formula is C15H15Cl2NOS. The highest BCUT2D eigenvalue weighted by Gasteiger charge is 2.23. The summed E-state index contributed by atoms with van der Waals surface area (Å²) < 4.78 is 12.6. The normalized spacial score (nSPS) is 15.6. The third-order valence-electron chi connectivity index (χ3n) is 3.14. The van der Waals surface area contributed by atoms with Crippen molar-refractivity contribution in [1.29, 1.82) is 0 Å². The fourth-order valence-corrected chi connectivity index (χ4v) is 3.82. The number of hydrogen-bond acceptors (Lipinski definition) is 2. The van der Waals surface area contributed by atoms with Gasteiger partial charge in [-0.3, -0.25) is 4.21 Å². The molecule has 20 heavy (non-hydrogen) atoms. The summed E-state index contributed by atoms with van der Waals surface area (Å²) in [6.45, 7) is 1.85. The summed E-state index contributed by atoms with van der Waals surface area (Å²) in [6, 6.07) is 14.2. The molecule has 3 atom stereocenters. The second-order valence-corrected chi connectivity index (χ2v) is 7.14. The van der Waals surface area contributed by atoms with Gasteiger partial charge in [0.05, 0.1) is 26.0 Å². The van der Waals surface area contributed by atoms with Gasteiger partial charge in [-0.2, -0.15) is 0 Å². The van der Waals surface area contributed by atoms with Crippen LogP contribution in [0.4, 0.5) is 0 Å². The molecule has 0 saturated heterocycles. The van der Waals surface area contributed by atoms with E-state index in [4.69, 9.17) is 28.9 Å². The van der Waals surface area contributed by atoms with Crippen molar-refractivity contribution < 1.29 is 4.21 Å². The van der Waals surface area contributed by atoms with Crippen LogP contribution in [0, 0.1) is 0 Å². The SMILES string of the molecule is CC(C(N)c1ccccc1)S(=O)c1cc(Cl)ccc1Cl. The van der Waals surface area contributed by atoms with Crippen molar-refractivity contribution in [2.24, 2.45) is 5.73 Å². The van der Waals surface area contributed by atoms with Gasteiger partial charge in [-0.05, 0) is 30.7 Å². The summed E-state index contributed by atoms with van der Waals surface area (Å²) in [4.78, 5) is 0.526. The molecule has 0 radical (unpaired) electrons. The van der Waals surface area contributed by atoms with E-state index in [1.807, 2.05) is 37.3 Å². The van der Waals surface area contributed by atoms with Crippen molar-refractivity contribution in [3.8, 4) is 0 Å². The van der Waals surface area contributed by atoms with Gasteiger partial charge in [-0.25, -0.2) is 0 Å². The molecular weight excluding hydrogens is 313 g/mol. The van der Waals surface area contributed by atoms with Crippen LogP contribution in [-0.2, 0) is 10.8 Å². The Labute approximate surface area is 131 Å². The minimum atomic E-state index is -1.32. The molecule has 2 nitrogen and oxygen atoms in total. The molecule has 2 N–H and O–H groups in total. The smallest absolute Gasteiger partial charge is 0.0592 e. The zero-order chi connectivity index (χ0) is 14.7. The van der Waals surface area contributed by atoms with Gasteiger partial charge in [0.25, 0.3) is 0 Å². The van der Waals surface area contributed by atoms with Crippen LogP contribution in [-0.4, -0.2) is 9.46 Å². The lowest BCUT2D eigenvalue weighted by Crippen LogP contribution is -2.27. The highest BCUT2D eigenvalue weighted by molar-refractivity contribution is 7.85. The average Bonchev–Trinajstić information content (AvgIpc) is 2.48. The molecule has 2 aromatic rings.